The maximum Gasteiger partial charge on any atom is 0.306 e. The van der Waals surface area contributed by atoms with Gasteiger partial charge in [0.05, 0.1) is 12.0 Å². The van der Waals surface area contributed by atoms with E-state index >= 15 is 0 Å². The predicted octanol–water partition coefficient (Wildman–Crippen LogP) is 3.29. The monoisotopic (exact) mass is 412 g/mol. The summed E-state index contributed by atoms with van der Waals surface area (Å²) >= 11 is 0. The maximum absolute atomic E-state index is 12.6. The van der Waals surface area contributed by atoms with Crippen molar-refractivity contribution in [1.82, 2.24) is 0 Å². The molecule has 0 saturated carbocycles. The zero-order chi connectivity index (χ0) is 20.6. The van der Waals surface area contributed by atoms with E-state index in [0.717, 1.165) is 24.8 Å². The van der Waals surface area contributed by atoms with E-state index in [4.69, 9.17) is 8.92 Å². The van der Waals surface area contributed by atoms with E-state index < -0.39 is 22.3 Å². The molecule has 1 aliphatic heterocycles. The summed E-state index contributed by atoms with van der Waals surface area (Å²) in [6, 6.07) is 6.44. The Hall–Kier alpha value is -1.93. The second-order valence-corrected chi connectivity index (χ2v) is 8.57. The molecule has 1 aromatic carbocycles. The Balaban J connectivity index is 1.93. The lowest BCUT2D eigenvalue weighted by molar-refractivity contribution is -0.144. The number of hydrogen-bond donors (Lipinski definition) is 0. The molecule has 1 saturated heterocycles. The van der Waals surface area contributed by atoms with Gasteiger partial charge >= 0.3 is 11.9 Å². The molecule has 0 radical (unpaired) electrons. The standard InChI is InChI=1S/C20H28O7S/c1-15-9-11-16(12-10-15)28(23,24)27-18(17-13-14-20(22)26-17)7-5-3-4-6-8-19(21)25-2/h9-12,17-18H,3-8,13-14H2,1-2H3/t17-,18-/m1/s1. The van der Waals surface area contributed by atoms with Crippen LogP contribution in [0.4, 0.5) is 0 Å². The molecule has 0 unspecified atom stereocenters. The van der Waals surface area contributed by atoms with Crippen LogP contribution in [0, 0.1) is 6.92 Å². The summed E-state index contributed by atoms with van der Waals surface area (Å²) in [6.07, 6.45) is 3.38. The van der Waals surface area contributed by atoms with Gasteiger partial charge in [0, 0.05) is 12.8 Å². The number of rotatable bonds is 11. The highest BCUT2D eigenvalue weighted by Crippen LogP contribution is 2.26. The van der Waals surface area contributed by atoms with Crippen LogP contribution in [-0.4, -0.2) is 39.7 Å². The summed E-state index contributed by atoms with van der Waals surface area (Å²) in [5.41, 5.74) is 0.951. The van der Waals surface area contributed by atoms with E-state index in [1.54, 1.807) is 12.1 Å². The molecular formula is C20H28O7S. The second kappa shape index (κ2) is 10.6. The highest BCUT2D eigenvalue weighted by Gasteiger charge is 2.35. The number of hydrogen-bond acceptors (Lipinski definition) is 7. The average Bonchev–Trinajstić information content (AvgIpc) is 3.09. The molecule has 0 bridgehead atoms. The van der Waals surface area contributed by atoms with Crippen molar-refractivity contribution in [3.63, 3.8) is 0 Å². The lowest BCUT2D eigenvalue weighted by Gasteiger charge is -2.22. The van der Waals surface area contributed by atoms with Gasteiger partial charge in [0.15, 0.2) is 0 Å². The minimum atomic E-state index is -3.95. The van der Waals surface area contributed by atoms with Gasteiger partial charge in [-0.25, -0.2) is 0 Å². The Kier molecular flexibility index (Phi) is 8.44. The molecule has 1 aliphatic rings. The van der Waals surface area contributed by atoms with Crippen LogP contribution in [0.15, 0.2) is 29.2 Å². The third-order valence-corrected chi connectivity index (χ3v) is 6.09. The van der Waals surface area contributed by atoms with Gasteiger partial charge in [-0.15, -0.1) is 0 Å². The van der Waals surface area contributed by atoms with Crippen molar-refractivity contribution in [1.29, 1.82) is 0 Å². The molecule has 2 rings (SSSR count). The van der Waals surface area contributed by atoms with Gasteiger partial charge in [-0.1, -0.05) is 37.0 Å². The number of carbonyl (C=O) groups excluding carboxylic acids is 2. The smallest absolute Gasteiger partial charge is 0.306 e. The molecule has 0 N–H and O–H groups in total. The van der Waals surface area contributed by atoms with Crippen LogP contribution in [-0.2, 0) is 33.4 Å². The molecule has 0 spiro atoms. The van der Waals surface area contributed by atoms with Gasteiger partial charge in [0.25, 0.3) is 10.1 Å². The van der Waals surface area contributed by atoms with Crippen LogP contribution in [0.5, 0.6) is 0 Å². The molecule has 28 heavy (non-hydrogen) atoms. The first-order valence-corrected chi connectivity index (χ1v) is 11.0. The fraction of sp³-hybridized carbons (Fsp3) is 0.600. The zero-order valence-corrected chi connectivity index (χ0v) is 17.2. The number of aryl methyl sites for hydroxylation is 1. The van der Waals surface area contributed by atoms with E-state index in [1.807, 2.05) is 6.92 Å². The molecular weight excluding hydrogens is 384 g/mol. The van der Waals surface area contributed by atoms with Gasteiger partial charge in [-0.05, 0) is 38.3 Å². The molecule has 156 valence electrons. The highest BCUT2D eigenvalue weighted by atomic mass is 32.2. The van der Waals surface area contributed by atoms with Crippen LogP contribution in [0.25, 0.3) is 0 Å². The van der Waals surface area contributed by atoms with E-state index in [2.05, 4.69) is 4.74 Å². The predicted molar refractivity (Wildman–Crippen MR) is 102 cm³/mol. The molecule has 0 amide bonds. The summed E-state index contributed by atoms with van der Waals surface area (Å²) in [4.78, 5) is 22.7. The van der Waals surface area contributed by atoms with Crippen LogP contribution in [0.1, 0.15) is 56.9 Å². The van der Waals surface area contributed by atoms with E-state index in [-0.39, 0.29) is 23.3 Å². The van der Waals surface area contributed by atoms with Gasteiger partial charge in [0.1, 0.15) is 12.2 Å². The van der Waals surface area contributed by atoms with Crippen molar-refractivity contribution in [2.45, 2.75) is 75.4 Å². The van der Waals surface area contributed by atoms with Gasteiger partial charge in [-0.3, -0.25) is 13.8 Å². The molecule has 8 heteroatoms. The zero-order valence-electron chi connectivity index (χ0n) is 16.4. The minimum Gasteiger partial charge on any atom is -0.469 e. The number of ether oxygens (including phenoxy) is 2. The second-order valence-electron chi connectivity index (χ2n) is 7.00. The van der Waals surface area contributed by atoms with Crippen molar-refractivity contribution < 1.29 is 31.7 Å². The fourth-order valence-electron chi connectivity index (χ4n) is 3.10. The van der Waals surface area contributed by atoms with Crippen LogP contribution in [0.2, 0.25) is 0 Å². The quantitative estimate of drug-likeness (QED) is 0.313. The van der Waals surface area contributed by atoms with Gasteiger partial charge in [-0.2, -0.15) is 8.42 Å². The average molecular weight is 413 g/mol. The van der Waals surface area contributed by atoms with Crippen molar-refractivity contribution in [2.75, 3.05) is 7.11 Å². The number of carbonyl (C=O) groups is 2. The normalized spacial score (nSPS) is 17.9. The summed E-state index contributed by atoms with van der Waals surface area (Å²) in [5, 5.41) is 0. The Morgan fingerprint density at radius 2 is 1.86 bits per heavy atom. The van der Waals surface area contributed by atoms with Crippen LogP contribution in [0.3, 0.4) is 0 Å². The largest absolute Gasteiger partial charge is 0.469 e. The first kappa shape index (κ1) is 22.4. The first-order chi connectivity index (χ1) is 13.3. The number of benzene rings is 1. The molecule has 0 aromatic heterocycles. The Morgan fingerprint density at radius 3 is 2.46 bits per heavy atom. The molecule has 1 heterocycles. The molecule has 1 fully saturated rings. The van der Waals surface area contributed by atoms with Crippen molar-refractivity contribution in [3.8, 4) is 0 Å². The fourth-order valence-corrected chi connectivity index (χ4v) is 4.22. The third-order valence-electron chi connectivity index (χ3n) is 4.74. The van der Waals surface area contributed by atoms with Crippen molar-refractivity contribution in [3.05, 3.63) is 29.8 Å². The molecule has 1 aromatic rings. The van der Waals surface area contributed by atoms with E-state index in [1.165, 1.54) is 19.2 Å². The Bertz CT molecular complexity index is 755. The number of methoxy groups -OCH3 is 1. The molecule has 0 aliphatic carbocycles. The first-order valence-electron chi connectivity index (χ1n) is 9.58. The summed E-state index contributed by atoms with van der Waals surface area (Å²) in [5.74, 6) is -0.562. The van der Waals surface area contributed by atoms with Crippen molar-refractivity contribution >= 4 is 22.1 Å². The summed E-state index contributed by atoms with van der Waals surface area (Å²) < 4.78 is 40.6. The van der Waals surface area contributed by atoms with E-state index in [9.17, 15) is 18.0 Å². The lowest BCUT2D eigenvalue weighted by Crippen LogP contribution is -2.31. The lowest BCUT2D eigenvalue weighted by atomic mass is 10.0. The molecule has 7 nitrogen and oxygen atoms in total. The SMILES string of the molecule is COC(=O)CCCCCC[C@@H](OS(=O)(=O)c1ccc(C)cc1)[C@H]1CCC(=O)O1. The Morgan fingerprint density at radius 1 is 1.18 bits per heavy atom. The Labute approximate surface area is 166 Å². The molecule has 2 atom stereocenters. The van der Waals surface area contributed by atoms with E-state index in [0.29, 0.717) is 25.7 Å². The van der Waals surface area contributed by atoms with Gasteiger partial charge < -0.3 is 9.47 Å². The number of unbranched alkanes of at least 4 members (excludes halogenated alkanes) is 3. The van der Waals surface area contributed by atoms with Gasteiger partial charge in [0.2, 0.25) is 0 Å². The van der Waals surface area contributed by atoms with Crippen LogP contribution >= 0.6 is 0 Å². The minimum absolute atomic E-state index is 0.0884. The number of cyclic esters (lactones) is 1. The highest BCUT2D eigenvalue weighted by molar-refractivity contribution is 7.86. The maximum atomic E-state index is 12.6. The topological polar surface area (TPSA) is 96.0 Å². The summed E-state index contributed by atoms with van der Waals surface area (Å²) in [6.45, 7) is 1.87. The number of esters is 2. The summed E-state index contributed by atoms with van der Waals surface area (Å²) in [7, 11) is -2.58. The van der Waals surface area contributed by atoms with Crippen molar-refractivity contribution in [2.24, 2.45) is 0 Å². The third kappa shape index (κ3) is 6.91. The van der Waals surface area contributed by atoms with Crippen LogP contribution < -0.4 is 0 Å².